The molecule has 1 unspecified atom stereocenters. The van der Waals surface area contributed by atoms with Gasteiger partial charge in [0.15, 0.2) is 0 Å². The van der Waals surface area contributed by atoms with Crippen molar-refractivity contribution < 1.29 is 5.11 Å². The first-order valence-electron chi connectivity index (χ1n) is 8.77. The Morgan fingerprint density at radius 3 is 2.54 bits per heavy atom. The summed E-state index contributed by atoms with van der Waals surface area (Å²) in [6.45, 7) is 4.79. The largest absolute Gasteiger partial charge is 0.389 e. The molecule has 0 aromatic rings. The quantitative estimate of drug-likeness (QED) is 0.514. The van der Waals surface area contributed by atoms with E-state index in [4.69, 9.17) is 29.6 Å². The Morgan fingerprint density at radius 2 is 1.96 bits per heavy atom. The Bertz CT molecular complexity index is 466. The molecule has 0 radical (unpaired) electrons. The van der Waals surface area contributed by atoms with Gasteiger partial charge in [0.05, 0.1) is 15.2 Å². The van der Waals surface area contributed by atoms with Gasteiger partial charge in [0, 0.05) is 45.1 Å². The zero-order valence-corrected chi connectivity index (χ0v) is 16.5. The van der Waals surface area contributed by atoms with Gasteiger partial charge in [0.2, 0.25) is 0 Å². The number of aliphatic hydroxyl groups is 1. The van der Waals surface area contributed by atoms with Gasteiger partial charge in [0.1, 0.15) is 0 Å². The maximum absolute atomic E-state index is 11.4. The summed E-state index contributed by atoms with van der Waals surface area (Å²) in [5.74, 6) is 2.72. The van der Waals surface area contributed by atoms with Gasteiger partial charge in [-0.15, -0.1) is 23.9 Å². The molecule has 1 aliphatic carbocycles. The van der Waals surface area contributed by atoms with Crippen LogP contribution in [0, 0.1) is 18.3 Å². The molecule has 2 N–H and O–H groups in total. The van der Waals surface area contributed by atoms with Crippen molar-refractivity contribution in [1.82, 2.24) is 10.2 Å². The predicted octanol–water partition coefficient (Wildman–Crippen LogP) is 3.61. The number of terminal acetylenes is 1. The molecule has 1 heterocycles. The summed E-state index contributed by atoms with van der Waals surface area (Å²) < 4.78 is 0.669. The fourth-order valence-corrected chi connectivity index (χ4v) is 5.20. The van der Waals surface area contributed by atoms with Crippen LogP contribution in [0.15, 0.2) is 9.94 Å². The summed E-state index contributed by atoms with van der Waals surface area (Å²) in [6, 6.07) is 0. The number of alkyl halides is 1. The fraction of sp³-hybridized carbons (Fsp3) is 0.778. The van der Waals surface area contributed by atoms with Gasteiger partial charge in [-0.1, -0.05) is 42.6 Å². The molecule has 0 bridgehead atoms. The number of rotatable bonds is 7. The molecule has 0 aromatic carbocycles. The Hall–Kier alpha value is 0.110. The van der Waals surface area contributed by atoms with Crippen LogP contribution in [0.3, 0.4) is 0 Å². The molecule has 3 nitrogen and oxygen atoms in total. The maximum Gasteiger partial charge on any atom is 0.0752 e. The van der Waals surface area contributed by atoms with Crippen molar-refractivity contribution in [2.45, 2.75) is 44.1 Å². The van der Waals surface area contributed by atoms with Gasteiger partial charge in [-0.2, -0.15) is 0 Å². The molecule has 24 heavy (non-hydrogen) atoms. The molecule has 1 atom stereocenters. The van der Waals surface area contributed by atoms with E-state index in [-0.39, 0.29) is 5.92 Å². The van der Waals surface area contributed by atoms with Crippen LogP contribution in [-0.2, 0) is 0 Å². The second kappa shape index (κ2) is 10.3. The first kappa shape index (κ1) is 20.4. The van der Waals surface area contributed by atoms with E-state index in [1.54, 1.807) is 0 Å². The lowest BCUT2D eigenvalue weighted by atomic mass is 9.72. The molecule has 0 amide bonds. The fourth-order valence-electron chi connectivity index (χ4n) is 3.85. The average molecular weight is 391 g/mol. The molecule has 2 aliphatic rings. The van der Waals surface area contributed by atoms with E-state index < -0.39 is 5.60 Å². The molecular weight excluding hydrogens is 363 g/mol. The molecule has 2 fully saturated rings. The van der Waals surface area contributed by atoms with Gasteiger partial charge in [-0.25, -0.2) is 0 Å². The first-order valence-corrected chi connectivity index (χ1v) is 10.7. The van der Waals surface area contributed by atoms with Gasteiger partial charge < -0.3 is 15.3 Å². The number of nitrogens with zero attached hydrogens (tertiary/aromatic N) is 1. The van der Waals surface area contributed by atoms with Crippen LogP contribution in [0.2, 0.25) is 0 Å². The van der Waals surface area contributed by atoms with Crippen molar-refractivity contribution in [2.75, 3.05) is 37.9 Å². The Balaban J connectivity index is 2.28. The average Bonchev–Trinajstić information content (AvgIpc) is 2.59. The van der Waals surface area contributed by atoms with Gasteiger partial charge in [0.25, 0.3) is 0 Å². The van der Waals surface area contributed by atoms with Gasteiger partial charge in [-0.3, -0.25) is 0 Å². The van der Waals surface area contributed by atoms with Crippen LogP contribution in [0.1, 0.15) is 38.5 Å². The zero-order chi connectivity index (χ0) is 17.4. The lowest BCUT2D eigenvalue weighted by molar-refractivity contribution is -0.0477. The third kappa shape index (κ3) is 5.56. The van der Waals surface area contributed by atoms with E-state index in [0.717, 1.165) is 64.0 Å². The lowest BCUT2D eigenvalue weighted by Gasteiger charge is -2.43. The van der Waals surface area contributed by atoms with Crippen LogP contribution in [-0.4, -0.2) is 53.5 Å². The summed E-state index contributed by atoms with van der Waals surface area (Å²) in [7, 11) is 0. The van der Waals surface area contributed by atoms with Crippen molar-refractivity contribution in [2.24, 2.45) is 5.92 Å². The Kier molecular flexibility index (Phi) is 8.77. The number of halogens is 2. The summed E-state index contributed by atoms with van der Waals surface area (Å²) in [6.07, 6.45) is 11.1. The number of hydrogen-bond acceptors (Lipinski definition) is 4. The lowest BCUT2D eigenvalue weighted by Crippen LogP contribution is -2.51. The minimum absolute atomic E-state index is 0.0184. The summed E-state index contributed by atoms with van der Waals surface area (Å²) >= 11 is 13.8. The molecular formula is C18H28Cl2N2OS. The van der Waals surface area contributed by atoms with Crippen LogP contribution in [0.4, 0.5) is 0 Å². The third-order valence-electron chi connectivity index (χ3n) is 5.17. The number of piperazine rings is 1. The summed E-state index contributed by atoms with van der Waals surface area (Å²) in [5.41, 5.74) is 0.287. The van der Waals surface area contributed by atoms with Crippen LogP contribution in [0.25, 0.3) is 0 Å². The molecule has 6 heteroatoms. The minimum atomic E-state index is -0.706. The highest BCUT2D eigenvalue weighted by molar-refractivity contribution is 8.05. The van der Waals surface area contributed by atoms with Crippen LogP contribution in [0.5, 0.6) is 0 Å². The standard InChI is InChI=1S/C18H28Cl2N2OS/c1-2-6-15(17(20)24-14-19)16(13-22-11-9-21-10-12-22)18(23)7-4-3-5-8-18/h1,16,21,23H,3-14H2/b17-15+. The molecule has 0 aromatic heterocycles. The molecule has 1 saturated carbocycles. The molecule has 0 spiro atoms. The number of nitrogens with one attached hydrogen (secondary N) is 1. The second-order valence-corrected chi connectivity index (χ2v) is 8.87. The Morgan fingerprint density at radius 1 is 1.29 bits per heavy atom. The number of hydrogen-bond donors (Lipinski definition) is 2. The smallest absolute Gasteiger partial charge is 0.0752 e. The highest BCUT2D eigenvalue weighted by atomic mass is 35.5. The topological polar surface area (TPSA) is 35.5 Å². The van der Waals surface area contributed by atoms with Crippen molar-refractivity contribution in [1.29, 1.82) is 0 Å². The van der Waals surface area contributed by atoms with E-state index >= 15 is 0 Å². The van der Waals surface area contributed by atoms with Crippen molar-refractivity contribution in [3.8, 4) is 12.3 Å². The first-order chi connectivity index (χ1) is 11.6. The van der Waals surface area contributed by atoms with E-state index in [1.807, 2.05) is 0 Å². The predicted molar refractivity (Wildman–Crippen MR) is 105 cm³/mol. The summed E-state index contributed by atoms with van der Waals surface area (Å²) in [4.78, 5) is 2.42. The monoisotopic (exact) mass is 390 g/mol. The zero-order valence-electron chi connectivity index (χ0n) is 14.2. The number of thioether (sulfide) groups is 1. The highest BCUT2D eigenvalue weighted by Gasteiger charge is 2.41. The SMILES string of the molecule is C#CC/C(=C(/Cl)SCCl)C(CN1CCNCC1)C1(O)CCCCC1. The van der Waals surface area contributed by atoms with Crippen LogP contribution < -0.4 is 5.32 Å². The molecule has 2 rings (SSSR count). The molecule has 1 aliphatic heterocycles. The second-order valence-electron chi connectivity index (χ2n) is 6.70. The van der Waals surface area contributed by atoms with Crippen LogP contribution >= 0.6 is 35.0 Å². The highest BCUT2D eigenvalue weighted by Crippen LogP contribution is 2.42. The molecule has 1 saturated heterocycles. The van der Waals surface area contributed by atoms with Crippen molar-refractivity contribution >= 4 is 35.0 Å². The van der Waals surface area contributed by atoms with Crippen molar-refractivity contribution in [3.63, 3.8) is 0 Å². The maximum atomic E-state index is 11.4. The normalized spacial score (nSPS) is 24.1. The van der Waals surface area contributed by atoms with Gasteiger partial charge >= 0.3 is 0 Å². The Labute approximate surface area is 160 Å². The van der Waals surface area contributed by atoms with Crippen molar-refractivity contribution in [3.05, 3.63) is 9.94 Å². The van der Waals surface area contributed by atoms with E-state index in [1.165, 1.54) is 18.2 Å². The molecule has 136 valence electrons. The van der Waals surface area contributed by atoms with Gasteiger partial charge in [-0.05, 0) is 18.4 Å². The van der Waals surface area contributed by atoms with E-state index in [0.29, 0.717) is 16.0 Å². The minimum Gasteiger partial charge on any atom is -0.389 e. The summed E-state index contributed by atoms with van der Waals surface area (Å²) in [5, 5.41) is 15.2. The third-order valence-corrected chi connectivity index (χ3v) is 6.69. The van der Waals surface area contributed by atoms with E-state index in [9.17, 15) is 5.11 Å². The van der Waals surface area contributed by atoms with E-state index in [2.05, 4.69) is 16.1 Å².